The summed E-state index contributed by atoms with van der Waals surface area (Å²) in [5.74, 6) is -2.78. The normalized spacial score (nSPS) is 22.1. The summed E-state index contributed by atoms with van der Waals surface area (Å²) in [5.41, 5.74) is 0.366. The lowest BCUT2D eigenvalue weighted by Crippen LogP contribution is -2.61. The molecule has 0 saturated heterocycles. The molecule has 4 aromatic rings. The summed E-state index contributed by atoms with van der Waals surface area (Å²) >= 11 is 6.30. The highest BCUT2D eigenvalue weighted by atomic mass is 35.5. The van der Waals surface area contributed by atoms with Crippen LogP contribution >= 0.6 is 11.6 Å². The monoisotopic (exact) mass is 586 g/mol. The average Bonchev–Trinajstić information content (AvgIpc) is 3.01. The molecule has 0 aliphatic heterocycles. The first-order chi connectivity index (χ1) is 20.1. The largest absolute Gasteiger partial charge is 0.331 e. The highest BCUT2D eigenvalue weighted by molar-refractivity contribution is 6.34. The summed E-state index contributed by atoms with van der Waals surface area (Å²) in [6, 6.07) is 29.3. The molecule has 216 valence electrons. The van der Waals surface area contributed by atoms with Crippen molar-refractivity contribution in [3.05, 3.63) is 142 Å². The summed E-state index contributed by atoms with van der Waals surface area (Å²) in [4.78, 5) is 32.6. The first-order valence-corrected chi connectivity index (χ1v) is 14.3. The van der Waals surface area contributed by atoms with Gasteiger partial charge in [0.25, 0.3) is 5.91 Å². The second-order valence-electron chi connectivity index (χ2n) is 11.2. The molecule has 4 nitrogen and oxygen atoms in total. The van der Waals surface area contributed by atoms with E-state index >= 15 is 0 Å². The van der Waals surface area contributed by atoms with E-state index in [2.05, 4.69) is 17.0 Å². The van der Waals surface area contributed by atoms with Gasteiger partial charge in [0.2, 0.25) is 0 Å². The second kappa shape index (κ2) is 11.8. The number of nitrogens with zero attached hydrogens (tertiary/aromatic N) is 2. The lowest BCUT2D eigenvalue weighted by molar-refractivity contribution is -0.0315. The molecular formula is C35H33ClF2N2O2. The molecular weight excluding hydrogens is 554 g/mol. The molecule has 0 bridgehead atoms. The number of amides is 1. The van der Waals surface area contributed by atoms with Crippen molar-refractivity contribution in [1.29, 1.82) is 0 Å². The number of ketones is 1. The molecule has 0 aromatic heterocycles. The third-order valence-electron chi connectivity index (χ3n) is 8.99. The lowest BCUT2D eigenvalue weighted by atomic mass is 9.58. The number of carbonyl (C=O) groups excluding carboxylic acids is 2. The molecule has 4 aromatic carbocycles. The van der Waals surface area contributed by atoms with Gasteiger partial charge in [0.05, 0.1) is 22.0 Å². The number of Topliss-reactive ketones (excluding diaryl/α,β-unsaturated/α-hetero) is 1. The van der Waals surface area contributed by atoms with Crippen molar-refractivity contribution < 1.29 is 18.4 Å². The van der Waals surface area contributed by atoms with Gasteiger partial charge in [-0.25, -0.2) is 8.78 Å². The summed E-state index contributed by atoms with van der Waals surface area (Å²) in [6.07, 6.45) is 1.37. The summed E-state index contributed by atoms with van der Waals surface area (Å²) in [5, 5.41) is -0.270. The van der Waals surface area contributed by atoms with Gasteiger partial charge in [0.15, 0.2) is 5.78 Å². The highest BCUT2D eigenvalue weighted by Gasteiger charge is 2.57. The van der Waals surface area contributed by atoms with Gasteiger partial charge in [-0.15, -0.1) is 0 Å². The van der Waals surface area contributed by atoms with Crippen LogP contribution in [0.25, 0.3) is 0 Å². The fourth-order valence-electron chi connectivity index (χ4n) is 6.71. The van der Waals surface area contributed by atoms with Gasteiger partial charge < -0.3 is 4.90 Å². The molecule has 1 amide bonds. The highest BCUT2D eigenvalue weighted by Crippen LogP contribution is 2.55. The van der Waals surface area contributed by atoms with Crippen molar-refractivity contribution in [2.45, 2.75) is 30.3 Å². The van der Waals surface area contributed by atoms with Crippen molar-refractivity contribution in [1.82, 2.24) is 9.80 Å². The Bertz CT molecular complexity index is 1600. The molecule has 1 saturated carbocycles. The number of halogens is 3. The molecule has 0 N–H and O–H groups in total. The van der Waals surface area contributed by atoms with Gasteiger partial charge in [-0.3, -0.25) is 14.5 Å². The van der Waals surface area contributed by atoms with Crippen LogP contribution in [0.1, 0.15) is 51.1 Å². The third kappa shape index (κ3) is 5.03. The maximum atomic E-state index is 14.7. The molecule has 1 aliphatic rings. The number of rotatable bonds is 7. The van der Waals surface area contributed by atoms with Crippen LogP contribution in [0.15, 0.2) is 103 Å². The number of benzene rings is 4. The van der Waals surface area contributed by atoms with Crippen LogP contribution in [0.4, 0.5) is 8.78 Å². The van der Waals surface area contributed by atoms with Gasteiger partial charge >= 0.3 is 0 Å². The SMILES string of the molecule is CN(C)C1(c2ccccc2)CCC(c2ccccc2)(N(C)C(=O)c2cccc(F)c2Cl)C(C(=O)c2cccc(F)c2)C1. The van der Waals surface area contributed by atoms with E-state index in [0.717, 1.165) is 11.1 Å². The maximum Gasteiger partial charge on any atom is 0.255 e. The van der Waals surface area contributed by atoms with Gasteiger partial charge in [-0.1, -0.05) is 90.5 Å². The molecule has 7 heteroatoms. The zero-order chi connectivity index (χ0) is 30.1. The van der Waals surface area contributed by atoms with Crippen molar-refractivity contribution in [3.8, 4) is 0 Å². The second-order valence-corrected chi connectivity index (χ2v) is 11.6. The van der Waals surface area contributed by atoms with Gasteiger partial charge in [0, 0.05) is 18.2 Å². The molecule has 0 spiro atoms. The van der Waals surface area contributed by atoms with E-state index in [9.17, 15) is 18.4 Å². The predicted molar refractivity (Wildman–Crippen MR) is 162 cm³/mol. The van der Waals surface area contributed by atoms with Crippen LogP contribution in [0, 0.1) is 17.6 Å². The van der Waals surface area contributed by atoms with Crippen LogP contribution < -0.4 is 0 Å². The van der Waals surface area contributed by atoms with Crippen LogP contribution in [-0.2, 0) is 11.1 Å². The van der Waals surface area contributed by atoms with E-state index in [1.807, 2.05) is 62.6 Å². The van der Waals surface area contributed by atoms with Crippen molar-refractivity contribution in [2.24, 2.45) is 5.92 Å². The van der Waals surface area contributed by atoms with Crippen molar-refractivity contribution in [3.63, 3.8) is 0 Å². The van der Waals surface area contributed by atoms with Crippen LogP contribution in [0.5, 0.6) is 0 Å². The molecule has 42 heavy (non-hydrogen) atoms. The van der Waals surface area contributed by atoms with Crippen molar-refractivity contribution in [2.75, 3.05) is 21.1 Å². The van der Waals surface area contributed by atoms with E-state index in [4.69, 9.17) is 11.6 Å². The van der Waals surface area contributed by atoms with Gasteiger partial charge in [-0.2, -0.15) is 0 Å². The molecule has 5 rings (SSSR count). The van der Waals surface area contributed by atoms with E-state index in [-0.39, 0.29) is 21.9 Å². The molecule has 0 radical (unpaired) electrons. The van der Waals surface area contributed by atoms with Crippen LogP contribution in [0.2, 0.25) is 5.02 Å². The smallest absolute Gasteiger partial charge is 0.255 e. The Morgan fingerprint density at radius 2 is 1.40 bits per heavy atom. The van der Waals surface area contributed by atoms with Crippen molar-refractivity contribution >= 4 is 23.3 Å². The fourth-order valence-corrected chi connectivity index (χ4v) is 6.91. The van der Waals surface area contributed by atoms with E-state index in [1.165, 1.54) is 36.4 Å². The quantitative estimate of drug-likeness (QED) is 0.208. The summed E-state index contributed by atoms with van der Waals surface area (Å²) < 4.78 is 29.0. The Balaban J connectivity index is 1.75. The predicted octanol–water partition coefficient (Wildman–Crippen LogP) is 7.73. The first-order valence-electron chi connectivity index (χ1n) is 13.9. The zero-order valence-corrected chi connectivity index (χ0v) is 24.6. The number of hydrogen-bond donors (Lipinski definition) is 0. The minimum atomic E-state index is -1.15. The molecule has 3 unspecified atom stereocenters. The number of carbonyl (C=O) groups is 2. The first kappa shape index (κ1) is 29.6. The lowest BCUT2D eigenvalue weighted by Gasteiger charge is -2.57. The fraction of sp³-hybridized carbons (Fsp3) is 0.257. The van der Waals surface area contributed by atoms with E-state index < -0.39 is 34.5 Å². The molecule has 0 heterocycles. The summed E-state index contributed by atoms with van der Waals surface area (Å²) in [7, 11) is 5.63. The minimum absolute atomic E-state index is 0.0129. The Hall–Kier alpha value is -3.87. The van der Waals surface area contributed by atoms with Crippen LogP contribution in [-0.4, -0.2) is 42.6 Å². The standard InChI is InChI=1S/C35H33ClF2N2O2/c1-39(2)34(25-13-6-4-7-14-25)20-21-35(26-15-8-5-9-16-26,29(23-34)32(41)24-12-10-17-27(37)22-24)40(3)33(42)28-18-11-19-30(38)31(28)36/h4-19,22,29H,20-21,23H2,1-3H3. The maximum absolute atomic E-state index is 14.7. The Morgan fingerprint density at radius 3 is 2.02 bits per heavy atom. The average molecular weight is 587 g/mol. The third-order valence-corrected chi connectivity index (χ3v) is 9.37. The summed E-state index contributed by atoms with van der Waals surface area (Å²) in [6.45, 7) is 0. The zero-order valence-electron chi connectivity index (χ0n) is 23.9. The Morgan fingerprint density at radius 1 is 0.786 bits per heavy atom. The van der Waals surface area contributed by atoms with Crippen LogP contribution in [0.3, 0.4) is 0 Å². The van der Waals surface area contributed by atoms with E-state index in [1.54, 1.807) is 18.0 Å². The van der Waals surface area contributed by atoms with Gasteiger partial charge in [-0.05, 0) is 68.8 Å². The molecule has 1 fully saturated rings. The molecule has 3 atom stereocenters. The number of hydrogen-bond acceptors (Lipinski definition) is 3. The Labute approximate surface area is 250 Å². The minimum Gasteiger partial charge on any atom is -0.331 e. The molecule has 1 aliphatic carbocycles. The van der Waals surface area contributed by atoms with Gasteiger partial charge in [0.1, 0.15) is 11.6 Å². The van der Waals surface area contributed by atoms with E-state index in [0.29, 0.717) is 19.3 Å². The topological polar surface area (TPSA) is 40.6 Å². The Kier molecular flexibility index (Phi) is 8.31.